The van der Waals surface area contributed by atoms with Gasteiger partial charge in [-0.1, -0.05) is 18.2 Å². The molecular weight excluding hydrogens is 340 g/mol. The van der Waals surface area contributed by atoms with Gasteiger partial charge in [-0.25, -0.2) is 4.79 Å². The number of rotatable bonds is 5. The minimum absolute atomic E-state index is 0.0148. The maximum atomic E-state index is 12.6. The summed E-state index contributed by atoms with van der Waals surface area (Å²) >= 11 is 0. The van der Waals surface area contributed by atoms with Gasteiger partial charge in [0.05, 0.1) is 18.8 Å². The molecule has 27 heavy (non-hydrogen) atoms. The Morgan fingerprint density at radius 1 is 1.22 bits per heavy atom. The SMILES string of the molecule is COc1cccc([C@H](C)NC(=O)N2CCN(Cc3ncccc3C)CC2)c1. The maximum absolute atomic E-state index is 12.6. The predicted octanol–water partition coefficient (Wildman–Crippen LogP) is 2.99. The zero-order chi connectivity index (χ0) is 19.2. The molecule has 2 amide bonds. The zero-order valence-corrected chi connectivity index (χ0v) is 16.3. The molecule has 1 aliphatic rings. The molecule has 1 aromatic heterocycles. The molecule has 1 aromatic carbocycles. The fourth-order valence-corrected chi connectivity index (χ4v) is 3.28. The molecule has 0 spiro atoms. The Kier molecular flexibility index (Phi) is 6.29. The van der Waals surface area contributed by atoms with Crippen molar-refractivity contribution in [1.82, 2.24) is 20.1 Å². The zero-order valence-electron chi connectivity index (χ0n) is 16.3. The first-order chi connectivity index (χ1) is 13.1. The van der Waals surface area contributed by atoms with Crippen LogP contribution in [0.2, 0.25) is 0 Å². The molecule has 6 heteroatoms. The van der Waals surface area contributed by atoms with Crippen molar-refractivity contribution in [3.63, 3.8) is 0 Å². The number of hydrogen-bond donors (Lipinski definition) is 1. The van der Waals surface area contributed by atoms with Crippen LogP contribution in [-0.2, 0) is 6.54 Å². The van der Waals surface area contributed by atoms with Gasteiger partial charge in [-0.05, 0) is 43.2 Å². The van der Waals surface area contributed by atoms with Crippen LogP contribution in [0.1, 0.15) is 29.8 Å². The Labute approximate surface area is 161 Å². The van der Waals surface area contributed by atoms with Crippen molar-refractivity contribution >= 4 is 6.03 Å². The normalized spacial score (nSPS) is 16.0. The first-order valence-corrected chi connectivity index (χ1v) is 9.39. The summed E-state index contributed by atoms with van der Waals surface area (Å²) in [5.41, 5.74) is 3.36. The number of pyridine rings is 1. The van der Waals surface area contributed by atoms with Gasteiger partial charge < -0.3 is 15.0 Å². The van der Waals surface area contributed by atoms with Crippen molar-refractivity contribution in [3.05, 3.63) is 59.4 Å². The van der Waals surface area contributed by atoms with Crippen LogP contribution in [0.15, 0.2) is 42.6 Å². The highest BCUT2D eigenvalue weighted by atomic mass is 16.5. The number of carbonyl (C=O) groups is 1. The standard InChI is InChI=1S/C21H28N4O2/c1-16-6-5-9-22-20(16)15-24-10-12-25(13-11-24)21(26)23-17(2)18-7-4-8-19(14-18)27-3/h4-9,14,17H,10-13,15H2,1-3H3,(H,23,26)/t17-/m0/s1. The van der Waals surface area contributed by atoms with E-state index in [4.69, 9.17) is 4.74 Å². The van der Waals surface area contributed by atoms with Crippen LogP contribution in [0.5, 0.6) is 5.75 Å². The van der Waals surface area contributed by atoms with Gasteiger partial charge in [0.2, 0.25) is 0 Å². The Balaban J connectivity index is 1.50. The molecule has 0 aliphatic carbocycles. The summed E-state index contributed by atoms with van der Waals surface area (Å²) in [6.07, 6.45) is 1.84. The van der Waals surface area contributed by atoms with E-state index in [9.17, 15) is 4.79 Å². The predicted molar refractivity (Wildman–Crippen MR) is 106 cm³/mol. The lowest BCUT2D eigenvalue weighted by atomic mass is 10.1. The number of piperazine rings is 1. The summed E-state index contributed by atoms with van der Waals surface area (Å²) in [5.74, 6) is 0.798. The number of aromatic nitrogens is 1. The molecule has 3 rings (SSSR count). The van der Waals surface area contributed by atoms with Gasteiger partial charge >= 0.3 is 6.03 Å². The summed E-state index contributed by atoms with van der Waals surface area (Å²) in [5, 5.41) is 3.09. The quantitative estimate of drug-likeness (QED) is 0.881. The van der Waals surface area contributed by atoms with Crippen LogP contribution in [0, 0.1) is 6.92 Å². The van der Waals surface area contributed by atoms with Crippen LogP contribution < -0.4 is 10.1 Å². The second kappa shape index (κ2) is 8.86. The minimum Gasteiger partial charge on any atom is -0.497 e. The molecule has 1 fully saturated rings. The molecule has 1 saturated heterocycles. The van der Waals surface area contributed by atoms with E-state index in [1.807, 2.05) is 48.4 Å². The summed E-state index contributed by atoms with van der Waals surface area (Å²) < 4.78 is 5.26. The molecule has 1 aliphatic heterocycles. The van der Waals surface area contributed by atoms with E-state index in [-0.39, 0.29) is 12.1 Å². The summed E-state index contributed by atoms with van der Waals surface area (Å²) in [7, 11) is 1.65. The summed E-state index contributed by atoms with van der Waals surface area (Å²) in [4.78, 5) is 21.3. The second-order valence-corrected chi connectivity index (χ2v) is 6.98. The Morgan fingerprint density at radius 3 is 2.70 bits per heavy atom. The van der Waals surface area contributed by atoms with Gasteiger partial charge in [-0.3, -0.25) is 9.88 Å². The smallest absolute Gasteiger partial charge is 0.317 e. The van der Waals surface area contributed by atoms with Crippen molar-refractivity contribution < 1.29 is 9.53 Å². The monoisotopic (exact) mass is 368 g/mol. The highest BCUT2D eigenvalue weighted by molar-refractivity contribution is 5.74. The molecule has 2 aromatic rings. The Morgan fingerprint density at radius 2 is 2.00 bits per heavy atom. The summed E-state index contributed by atoms with van der Waals surface area (Å²) in [6.45, 7) is 8.08. The molecule has 0 unspecified atom stereocenters. The largest absolute Gasteiger partial charge is 0.497 e. The van der Waals surface area contributed by atoms with E-state index >= 15 is 0 Å². The van der Waals surface area contributed by atoms with E-state index in [0.29, 0.717) is 0 Å². The average Bonchev–Trinajstić information content (AvgIpc) is 2.70. The number of amides is 2. The van der Waals surface area contributed by atoms with Crippen LogP contribution in [0.25, 0.3) is 0 Å². The minimum atomic E-state index is -0.0678. The molecule has 144 valence electrons. The lowest BCUT2D eigenvalue weighted by Crippen LogP contribution is -2.51. The fraction of sp³-hybridized carbons (Fsp3) is 0.429. The van der Waals surface area contributed by atoms with Gasteiger partial charge in [-0.15, -0.1) is 0 Å². The third-order valence-electron chi connectivity index (χ3n) is 5.08. The number of hydrogen-bond acceptors (Lipinski definition) is 4. The summed E-state index contributed by atoms with van der Waals surface area (Å²) in [6, 6.07) is 11.8. The molecule has 2 heterocycles. The first-order valence-electron chi connectivity index (χ1n) is 9.39. The van der Waals surface area contributed by atoms with E-state index in [1.165, 1.54) is 5.56 Å². The lowest BCUT2D eigenvalue weighted by Gasteiger charge is -2.35. The van der Waals surface area contributed by atoms with E-state index in [2.05, 4.69) is 28.2 Å². The molecule has 0 saturated carbocycles. The number of nitrogens with one attached hydrogen (secondary N) is 1. The van der Waals surface area contributed by atoms with Gasteiger partial charge in [-0.2, -0.15) is 0 Å². The number of nitrogens with zero attached hydrogens (tertiary/aromatic N) is 3. The number of urea groups is 1. The van der Waals surface area contributed by atoms with E-state index in [1.54, 1.807) is 7.11 Å². The number of aryl methyl sites for hydroxylation is 1. The molecular formula is C21H28N4O2. The van der Waals surface area contributed by atoms with E-state index < -0.39 is 0 Å². The number of carbonyl (C=O) groups excluding carboxylic acids is 1. The van der Waals surface area contributed by atoms with Gasteiger partial charge in [0.15, 0.2) is 0 Å². The van der Waals surface area contributed by atoms with Crippen molar-refractivity contribution in [2.75, 3.05) is 33.3 Å². The third-order valence-corrected chi connectivity index (χ3v) is 5.08. The molecule has 6 nitrogen and oxygen atoms in total. The first kappa shape index (κ1) is 19.2. The van der Waals surface area contributed by atoms with Crippen LogP contribution in [0.4, 0.5) is 4.79 Å². The molecule has 0 radical (unpaired) electrons. The van der Waals surface area contributed by atoms with Crippen LogP contribution >= 0.6 is 0 Å². The third kappa shape index (κ3) is 4.98. The second-order valence-electron chi connectivity index (χ2n) is 6.98. The average molecular weight is 368 g/mol. The maximum Gasteiger partial charge on any atom is 0.317 e. The molecule has 1 atom stereocenters. The Hall–Kier alpha value is -2.60. The lowest BCUT2D eigenvalue weighted by molar-refractivity contribution is 0.132. The van der Waals surface area contributed by atoms with E-state index in [0.717, 1.165) is 49.7 Å². The number of ether oxygens (including phenoxy) is 1. The van der Waals surface area contributed by atoms with Gasteiger partial charge in [0, 0.05) is 38.9 Å². The van der Waals surface area contributed by atoms with Gasteiger partial charge in [0.1, 0.15) is 5.75 Å². The number of methoxy groups -OCH3 is 1. The fourth-order valence-electron chi connectivity index (χ4n) is 3.28. The van der Waals surface area contributed by atoms with Crippen molar-refractivity contribution in [1.29, 1.82) is 0 Å². The van der Waals surface area contributed by atoms with Crippen molar-refractivity contribution in [2.45, 2.75) is 26.4 Å². The van der Waals surface area contributed by atoms with Crippen LogP contribution in [0.3, 0.4) is 0 Å². The Bertz CT molecular complexity index is 772. The highest BCUT2D eigenvalue weighted by Gasteiger charge is 2.23. The highest BCUT2D eigenvalue weighted by Crippen LogP contribution is 2.19. The van der Waals surface area contributed by atoms with Crippen LogP contribution in [-0.4, -0.2) is 54.1 Å². The molecule has 1 N–H and O–H groups in total. The number of benzene rings is 1. The topological polar surface area (TPSA) is 57.7 Å². The van der Waals surface area contributed by atoms with Crippen molar-refractivity contribution in [2.24, 2.45) is 0 Å². The molecule has 0 bridgehead atoms. The van der Waals surface area contributed by atoms with Crippen molar-refractivity contribution in [3.8, 4) is 5.75 Å². The van der Waals surface area contributed by atoms with Gasteiger partial charge in [0.25, 0.3) is 0 Å².